The third-order valence-electron chi connectivity index (χ3n) is 3.07. The lowest BCUT2D eigenvalue weighted by atomic mass is 9.96. The van der Waals surface area contributed by atoms with Crippen LogP contribution in [0.1, 0.15) is 33.3 Å². The van der Waals surface area contributed by atoms with E-state index in [0.717, 1.165) is 5.56 Å². The summed E-state index contributed by atoms with van der Waals surface area (Å²) >= 11 is 0. The molecule has 0 saturated heterocycles. The molecule has 1 aromatic rings. The number of primary sulfonamides is 1. The van der Waals surface area contributed by atoms with Crippen LogP contribution in [0.5, 0.6) is 5.75 Å². The fourth-order valence-corrected chi connectivity index (χ4v) is 2.30. The Kier molecular flexibility index (Phi) is 5.96. The SMILES string of the molecule is CCc1cc(S(N)(=O)=O)ccc1OCCNC(=O)C(C)(C)C. The molecular formula is C15H24N2O4S. The van der Waals surface area contributed by atoms with E-state index in [0.29, 0.717) is 25.3 Å². The second-order valence-corrected chi connectivity index (χ2v) is 7.58. The van der Waals surface area contributed by atoms with Gasteiger partial charge in [-0.2, -0.15) is 0 Å². The summed E-state index contributed by atoms with van der Waals surface area (Å²) in [6.45, 7) is 8.11. The van der Waals surface area contributed by atoms with Crippen molar-refractivity contribution in [3.63, 3.8) is 0 Å². The van der Waals surface area contributed by atoms with E-state index >= 15 is 0 Å². The average Bonchev–Trinajstić information content (AvgIpc) is 2.41. The van der Waals surface area contributed by atoms with E-state index in [1.54, 1.807) is 6.07 Å². The molecule has 7 heteroatoms. The second kappa shape index (κ2) is 7.11. The van der Waals surface area contributed by atoms with Gasteiger partial charge < -0.3 is 10.1 Å². The fourth-order valence-electron chi connectivity index (χ4n) is 1.74. The first-order valence-corrected chi connectivity index (χ1v) is 8.67. The fraction of sp³-hybridized carbons (Fsp3) is 0.533. The molecular weight excluding hydrogens is 304 g/mol. The molecule has 124 valence electrons. The molecule has 1 aromatic carbocycles. The monoisotopic (exact) mass is 328 g/mol. The van der Waals surface area contributed by atoms with Gasteiger partial charge in [0.25, 0.3) is 0 Å². The van der Waals surface area contributed by atoms with Crippen molar-refractivity contribution in [1.29, 1.82) is 0 Å². The number of nitrogens with one attached hydrogen (secondary N) is 1. The van der Waals surface area contributed by atoms with Crippen molar-refractivity contribution in [3.8, 4) is 5.75 Å². The Morgan fingerprint density at radius 3 is 2.45 bits per heavy atom. The van der Waals surface area contributed by atoms with Crippen molar-refractivity contribution >= 4 is 15.9 Å². The molecule has 22 heavy (non-hydrogen) atoms. The standard InChI is InChI=1S/C15H24N2O4S/c1-5-11-10-12(22(16,19)20)6-7-13(11)21-9-8-17-14(18)15(2,3)4/h6-7,10H,5,8-9H2,1-4H3,(H,17,18)(H2,16,19,20). The largest absolute Gasteiger partial charge is 0.491 e. The van der Waals surface area contributed by atoms with Gasteiger partial charge in [0.05, 0.1) is 11.4 Å². The van der Waals surface area contributed by atoms with Crippen molar-refractivity contribution in [1.82, 2.24) is 5.32 Å². The van der Waals surface area contributed by atoms with Crippen molar-refractivity contribution in [2.24, 2.45) is 10.6 Å². The zero-order chi connectivity index (χ0) is 17.0. The molecule has 0 radical (unpaired) electrons. The van der Waals surface area contributed by atoms with Gasteiger partial charge in [-0.25, -0.2) is 13.6 Å². The van der Waals surface area contributed by atoms with Crippen molar-refractivity contribution < 1.29 is 17.9 Å². The lowest BCUT2D eigenvalue weighted by Crippen LogP contribution is -2.37. The predicted octanol–water partition coefficient (Wildman–Crippen LogP) is 1.44. The smallest absolute Gasteiger partial charge is 0.238 e. The number of carbonyl (C=O) groups is 1. The first-order chi connectivity index (χ1) is 10.1. The van der Waals surface area contributed by atoms with Crippen LogP contribution in [0.4, 0.5) is 0 Å². The number of ether oxygens (including phenoxy) is 1. The third kappa shape index (κ3) is 5.31. The van der Waals surface area contributed by atoms with Gasteiger partial charge in [-0.05, 0) is 30.2 Å². The predicted molar refractivity (Wildman–Crippen MR) is 85.2 cm³/mol. The van der Waals surface area contributed by atoms with Gasteiger partial charge in [-0.3, -0.25) is 4.79 Å². The Morgan fingerprint density at radius 1 is 1.32 bits per heavy atom. The number of nitrogens with two attached hydrogens (primary N) is 1. The normalized spacial score (nSPS) is 12.0. The third-order valence-corrected chi connectivity index (χ3v) is 3.98. The van der Waals surface area contributed by atoms with Gasteiger partial charge in [0, 0.05) is 5.41 Å². The van der Waals surface area contributed by atoms with E-state index in [1.165, 1.54) is 12.1 Å². The number of hydrogen-bond donors (Lipinski definition) is 2. The van der Waals surface area contributed by atoms with Gasteiger partial charge >= 0.3 is 0 Å². The minimum Gasteiger partial charge on any atom is -0.491 e. The maximum absolute atomic E-state index is 11.7. The zero-order valence-electron chi connectivity index (χ0n) is 13.5. The maximum Gasteiger partial charge on any atom is 0.238 e. The van der Waals surface area contributed by atoms with Gasteiger partial charge in [-0.1, -0.05) is 27.7 Å². The number of rotatable bonds is 6. The van der Waals surface area contributed by atoms with Crippen molar-refractivity contribution in [2.75, 3.05) is 13.2 Å². The van der Waals surface area contributed by atoms with Crippen LogP contribution in [0, 0.1) is 5.41 Å². The molecule has 1 rings (SSSR count). The molecule has 0 aliphatic heterocycles. The van der Waals surface area contributed by atoms with Gasteiger partial charge in [0.2, 0.25) is 15.9 Å². The molecule has 3 N–H and O–H groups in total. The highest BCUT2D eigenvalue weighted by atomic mass is 32.2. The highest BCUT2D eigenvalue weighted by molar-refractivity contribution is 7.89. The molecule has 1 amide bonds. The highest BCUT2D eigenvalue weighted by Crippen LogP contribution is 2.22. The molecule has 6 nitrogen and oxygen atoms in total. The maximum atomic E-state index is 11.7. The second-order valence-electron chi connectivity index (χ2n) is 6.02. The number of benzene rings is 1. The summed E-state index contributed by atoms with van der Waals surface area (Å²) in [5, 5.41) is 7.90. The summed E-state index contributed by atoms with van der Waals surface area (Å²) in [5.41, 5.74) is 0.319. The summed E-state index contributed by atoms with van der Waals surface area (Å²) in [6.07, 6.45) is 0.618. The highest BCUT2D eigenvalue weighted by Gasteiger charge is 2.20. The van der Waals surface area contributed by atoms with Gasteiger partial charge in [-0.15, -0.1) is 0 Å². The number of aryl methyl sites for hydroxylation is 1. The number of carbonyl (C=O) groups excluding carboxylic acids is 1. The van der Waals surface area contributed by atoms with Gasteiger partial charge in [0.15, 0.2) is 0 Å². The lowest BCUT2D eigenvalue weighted by molar-refractivity contribution is -0.128. The van der Waals surface area contributed by atoms with Crippen LogP contribution >= 0.6 is 0 Å². The minimum absolute atomic E-state index is 0.0450. The van der Waals surface area contributed by atoms with Crippen LogP contribution in [-0.2, 0) is 21.2 Å². The Labute approximate surface area is 132 Å². The first kappa shape index (κ1) is 18.4. The van der Waals surface area contributed by atoms with Crippen LogP contribution < -0.4 is 15.2 Å². The summed E-state index contributed by atoms with van der Waals surface area (Å²) < 4.78 is 28.3. The molecule has 0 spiro atoms. The number of sulfonamides is 1. The topological polar surface area (TPSA) is 98.5 Å². The molecule has 0 fully saturated rings. The van der Waals surface area contributed by atoms with E-state index in [9.17, 15) is 13.2 Å². The summed E-state index contributed by atoms with van der Waals surface area (Å²) in [7, 11) is -3.72. The van der Waals surface area contributed by atoms with E-state index in [4.69, 9.17) is 9.88 Å². The molecule has 0 bridgehead atoms. The number of amides is 1. The Balaban J connectivity index is 2.65. The summed E-state index contributed by atoms with van der Waals surface area (Å²) in [5.74, 6) is 0.552. The molecule has 0 atom stereocenters. The summed E-state index contributed by atoms with van der Waals surface area (Å²) in [6, 6.07) is 4.51. The number of hydrogen-bond acceptors (Lipinski definition) is 4. The Morgan fingerprint density at radius 2 is 1.95 bits per heavy atom. The average molecular weight is 328 g/mol. The molecule has 0 unspecified atom stereocenters. The van der Waals surface area contributed by atoms with Gasteiger partial charge in [0.1, 0.15) is 12.4 Å². The Bertz CT molecular complexity index is 633. The zero-order valence-corrected chi connectivity index (χ0v) is 14.3. The van der Waals surface area contributed by atoms with E-state index in [1.807, 2.05) is 27.7 Å². The lowest BCUT2D eigenvalue weighted by Gasteiger charge is -2.18. The van der Waals surface area contributed by atoms with Crippen molar-refractivity contribution in [2.45, 2.75) is 39.0 Å². The first-order valence-electron chi connectivity index (χ1n) is 7.12. The molecule has 0 heterocycles. The molecule has 0 aliphatic rings. The van der Waals surface area contributed by atoms with Crippen LogP contribution in [0.25, 0.3) is 0 Å². The molecule has 0 aromatic heterocycles. The van der Waals surface area contributed by atoms with E-state index < -0.39 is 15.4 Å². The quantitative estimate of drug-likeness (QED) is 0.772. The minimum atomic E-state index is -3.72. The molecule has 0 saturated carbocycles. The Hall–Kier alpha value is -1.60. The van der Waals surface area contributed by atoms with Crippen LogP contribution in [0.3, 0.4) is 0 Å². The van der Waals surface area contributed by atoms with Crippen LogP contribution in [-0.4, -0.2) is 27.5 Å². The molecule has 0 aliphatic carbocycles. The van der Waals surface area contributed by atoms with E-state index in [2.05, 4.69) is 5.32 Å². The van der Waals surface area contributed by atoms with Crippen LogP contribution in [0.2, 0.25) is 0 Å². The van der Waals surface area contributed by atoms with Crippen LogP contribution in [0.15, 0.2) is 23.1 Å². The summed E-state index contributed by atoms with van der Waals surface area (Å²) in [4.78, 5) is 11.8. The van der Waals surface area contributed by atoms with E-state index in [-0.39, 0.29) is 10.8 Å². The van der Waals surface area contributed by atoms with Crippen molar-refractivity contribution in [3.05, 3.63) is 23.8 Å².